The number of aromatic nitrogens is 2. The summed E-state index contributed by atoms with van der Waals surface area (Å²) in [6.45, 7) is 1.68. The first-order valence-electron chi connectivity index (χ1n) is 10.5. The highest BCUT2D eigenvalue weighted by Gasteiger charge is 2.16. The number of hydrogen-bond donors (Lipinski definition) is 2. The number of rotatable bonds is 9. The van der Waals surface area contributed by atoms with Gasteiger partial charge in [0.15, 0.2) is 11.5 Å². The number of ether oxygens (including phenoxy) is 3. The van der Waals surface area contributed by atoms with Crippen LogP contribution in [0.1, 0.15) is 12.2 Å². The van der Waals surface area contributed by atoms with Gasteiger partial charge in [-0.1, -0.05) is 12.1 Å². The zero-order valence-corrected chi connectivity index (χ0v) is 17.9. The number of nitrogens with zero attached hydrogens (tertiary/aromatic N) is 2. The summed E-state index contributed by atoms with van der Waals surface area (Å²) >= 11 is 0. The van der Waals surface area contributed by atoms with Crippen LogP contribution in [0, 0.1) is 0 Å². The highest BCUT2D eigenvalue weighted by Crippen LogP contribution is 2.32. The SMILES string of the molecule is COCC(=O)NCCCc1nc2ccccc2n1CC(=O)Nc1ccc2c(c1)OCCO2. The number of aryl methyl sites for hydroxylation is 1. The molecule has 3 aromatic rings. The highest BCUT2D eigenvalue weighted by molar-refractivity contribution is 5.92. The van der Waals surface area contributed by atoms with Crippen molar-refractivity contribution in [3.8, 4) is 11.5 Å². The van der Waals surface area contributed by atoms with Gasteiger partial charge in [-0.15, -0.1) is 0 Å². The molecule has 0 spiro atoms. The van der Waals surface area contributed by atoms with Gasteiger partial charge in [-0.25, -0.2) is 4.98 Å². The summed E-state index contributed by atoms with van der Waals surface area (Å²) in [5.74, 6) is 1.77. The van der Waals surface area contributed by atoms with Crippen LogP contribution in [0.5, 0.6) is 11.5 Å². The molecule has 0 unspecified atom stereocenters. The molecule has 0 atom stereocenters. The molecule has 0 bridgehead atoms. The molecule has 0 saturated carbocycles. The molecule has 0 aliphatic carbocycles. The van der Waals surface area contributed by atoms with Crippen molar-refractivity contribution in [3.63, 3.8) is 0 Å². The first kappa shape index (κ1) is 21.6. The Morgan fingerprint density at radius 3 is 2.75 bits per heavy atom. The molecule has 2 amide bonds. The van der Waals surface area contributed by atoms with Crippen LogP contribution in [0.3, 0.4) is 0 Å². The van der Waals surface area contributed by atoms with Crippen LogP contribution >= 0.6 is 0 Å². The summed E-state index contributed by atoms with van der Waals surface area (Å²) in [5, 5.41) is 5.73. The Labute approximate surface area is 185 Å². The largest absolute Gasteiger partial charge is 0.486 e. The van der Waals surface area contributed by atoms with Crippen LogP contribution in [-0.2, 0) is 27.3 Å². The average Bonchev–Trinajstić information content (AvgIpc) is 3.14. The second-order valence-corrected chi connectivity index (χ2v) is 7.40. The van der Waals surface area contributed by atoms with E-state index in [9.17, 15) is 9.59 Å². The van der Waals surface area contributed by atoms with Gasteiger partial charge in [-0.3, -0.25) is 9.59 Å². The van der Waals surface area contributed by atoms with Crippen molar-refractivity contribution in [1.82, 2.24) is 14.9 Å². The number of fused-ring (bicyclic) bond motifs is 2. The van der Waals surface area contributed by atoms with Crippen molar-refractivity contribution in [2.45, 2.75) is 19.4 Å². The van der Waals surface area contributed by atoms with E-state index < -0.39 is 0 Å². The summed E-state index contributed by atoms with van der Waals surface area (Å²) in [7, 11) is 1.48. The maximum absolute atomic E-state index is 12.8. The fourth-order valence-corrected chi connectivity index (χ4v) is 3.61. The first-order valence-corrected chi connectivity index (χ1v) is 10.5. The molecule has 2 N–H and O–H groups in total. The number of amides is 2. The standard InChI is InChI=1S/C23H26N4O5/c1-30-15-23(29)24-10-4-7-21-26-17-5-2-3-6-18(17)27(21)14-22(28)25-16-8-9-19-20(13-16)32-12-11-31-19/h2-3,5-6,8-9,13H,4,7,10-12,14-15H2,1H3,(H,24,29)(H,25,28). The van der Waals surface area contributed by atoms with Crippen LogP contribution in [0.2, 0.25) is 0 Å². The normalized spacial score (nSPS) is 12.5. The summed E-state index contributed by atoms with van der Waals surface area (Å²) in [6.07, 6.45) is 1.32. The summed E-state index contributed by atoms with van der Waals surface area (Å²) in [4.78, 5) is 29.1. The molecular formula is C23H26N4O5. The van der Waals surface area contributed by atoms with Crippen LogP contribution in [0.15, 0.2) is 42.5 Å². The molecule has 1 aliphatic rings. The van der Waals surface area contributed by atoms with Gasteiger partial charge in [0.25, 0.3) is 0 Å². The fourth-order valence-electron chi connectivity index (χ4n) is 3.61. The van der Waals surface area contributed by atoms with Crippen molar-refractivity contribution >= 4 is 28.5 Å². The van der Waals surface area contributed by atoms with E-state index in [1.54, 1.807) is 18.2 Å². The topological polar surface area (TPSA) is 104 Å². The molecule has 4 rings (SSSR count). The highest BCUT2D eigenvalue weighted by atomic mass is 16.6. The van der Waals surface area contributed by atoms with E-state index in [4.69, 9.17) is 19.2 Å². The van der Waals surface area contributed by atoms with Crippen LogP contribution in [-0.4, -0.2) is 54.8 Å². The number of methoxy groups -OCH3 is 1. The van der Waals surface area contributed by atoms with Gasteiger partial charge in [-0.2, -0.15) is 0 Å². The lowest BCUT2D eigenvalue weighted by Crippen LogP contribution is -2.28. The molecule has 32 heavy (non-hydrogen) atoms. The molecule has 9 heteroatoms. The van der Waals surface area contributed by atoms with Crippen LogP contribution in [0.25, 0.3) is 11.0 Å². The van der Waals surface area contributed by atoms with E-state index in [-0.39, 0.29) is 25.0 Å². The molecule has 9 nitrogen and oxygen atoms in total. The lowest BCUT2D eigenvalue weighted by molar-refractivity contribution is -0.124. The van der Waals surface area contributed by atoms with E-state index in [0.717, 1.165) is 16.9 Å². The van der Waals surface area contributed by atoms with Crippen molar-refractivity contribution < 1.29 is 23.8 Å². The molecule has 2 heterocycles. The van der Waals surface area contributed by atoms with Crippen molar-refractivity contribution in [2.75, 3.05) is 38.8 Å². The zero-order chi connectivity index (χ0) is 22.3. The molecule has 168 valence electrons. The van der Waals surface area contributed by atoms with Gasteiger partial charge >= 0.3 is 0 Å². The number of carbonyl (C=O) groups excluding carboxylic acids is 2. The van der Waals surface area contributed by atoms with E-state index in [0.29, 0.717) is 49.8 Å². The van der Waals surface area contributed by atoms with Gasteiger partial charge in [0, 0.05) is 31.8 Å². The van der Waals surface area contributed by atoms with Gasteiger partial charge < -0.3 is 29.4 Å². The minimum absolute atomic E-state index is 0.0402. The lowest BCUT2D eigenvalue weighted by atomic mass is 10.2. The monoisotopic (exact) mass is 438 g/mol. The van der Waals surface area contributed by atoms with Crippen molar-refractivity contribution in [3.05, 3.63) is 48.3 Å². The Bertz CT molecular complexity index is 1110. The number of benzene rings is 2. The zero-order valence-electron chi connectivity index (χ0n) is 17.9. The minimum atomic E-state index is -0.167. The summed E-state index contributed by atoms with van der Waals surface area (Å²) in [5.41, 5.74) is 2.37. The maximum Gasteiger partial charge on any atom is 0.245 e. The van der Waals surface area contributed by atoms with Gasteiger partial charge in [0.1, 0.15) is 32.2 Å². The van der Waals surface area contributed by atoms with Crippen molar-refractivity contribution in [2.24, 2.45) is 0 Å². The van der Waals surface area contributed by atoms with E-state index in [1.807, 2.05) is 28.8 Å². The predicted molar refractivity (Wildman–Crippen MR) is 119 cm³/mol. The third-order valence-electron chi connectivity index (χ3n) is 5.04. The molecule has 0 radical (unpaired) electrons. The number of carbonyl (C=O) groups is 2. The molecular weight excluding hydrogens is 412 g/mol. The van der Waals surface area contributed by atoms with Gasteiger partial charge in [-0.05, 0) is 30.7 Å². The number of para-hydroxylation sites is 2. The summed E-state index contributed by atoms with van der Waals surface area (Å²) < 4.78 is 17.8. The Morgan fingerprint density at radius 2 is 1.91 bits per heavy atom. The Morgan fingerprint density at radius 1 is 1.09 bits per heavy atom. The van der Waals surface area contributed by atoms with Crippen LogP contribution in [0.4, 0.5) is 5.69 Å². The predicted octanol–water partition coefficient (Wildman–Crippen LogP) is 2.14. The average molecular weight is 438 g/mol. The van der Waals surface area contributed by atoms with E-state index in [2.05, 4.69) is 10.6 Å². The molecule has 1 aromatic heterocycles. The first-order chi connectivity index (χ1) is 15.6. The molecule has 0 saturated heterocycles. The van der Waals surface area contributed by atoms with E-state index >= 15 is 0 Å². The maximum atomic E-state index is 12.8. The number of nitrogens with one attached hydrogen (secondary N) is 2. The molecule has 2 aromatic carbocycles. The second kappa shape index (κ2) is 10.1. The lowest BCUT2D eigenvalue weighted by Gasteiger charge is -2.19. The number of imidazole rings is 1. The number of hydrogen-bond acceptors (Lipinski definition) is 6. The Hall–Kier alpha value is -3.59. The van der Waals surface area contributed by atoms with E-state index in [1.165, 1.54) is 7.11 Å². The molecule has 1 aliphatic heterocycles. The Balaban J connectivity index is 1.43. The minimum Gasteiger partial charge on any atom is -0.486 e. The number of anilines is 1. The second-order valence-electron chi connectivity index (χ2n) is 7.40. The van der Waals surface area contributed by atoms with Crippen molar-refractivity contribution in [1.29, 1.82) is 0 Å². The quantitative estimate of drug-likeness (QED) is 0.496. The third-order valence-corrected chi connectivity index (χ3v) is 5.04. The van der Waals surface area contributed by atoms with Crippen LogP contribution < -0.4 is 20.1 Å². The van der Waals surface area contributed by atoms with Gasteiger partial charge in [0.2, 0.25) is 11.8 Å². The fraction of sp³-hybridized carbons (Fsp3) is 0.348. The summed E-state index contributed by atoms with van der Waals surface area (Å²) in [6, 6.07) is 13.1. The Kier molecular flexibility index (Phi) is 6.86. The molecule has 0 fully saturated rings. The third kappa shape index (κ3) is 5.17. The van der Waals surface area contributed by atoms with Gasteiger partial charge in [0.05, 0.1) is 11.0 Å². The smallest absolute Gasteiger partial charge is 0.245 e.